The molecule has 4 amide bonds. The summed E-state index contributed by atoms with van der Waals surface area (Å²) in [7, 11) is 3.11. The van der Waals surface area contributed by atoms with Gasteiger partial charge < -0.3 is 29.7 Å². The van der Waals surface area contributed by atoms with E-state index in [1.54, 1.807) is 59.3 Å². The predicted octanol–water partition coefficient (Wildman–Crippen LogP) is 3.52. The van der Waals surface area contributed by atoms with Gasteiger partial charge in [-0.05, 0) is 36.2 Å². The topological polar surface area (TPSA) is 112 Å². The second-order valence-electron chi connectivity index (χ2n) is 10.6. The van der Waals surface area contributed by atoms with Gasteiger partial charge in [-0.2, -0.15) is 0 Å². The normalized spacial score (nSPS) is 20.3. The summed E-state index contributed by atoms with van der Waals surface area (Å²) in [6.07, 6.45) is -0.326. The largest absolute Gasteiger partial charge is 0.508 e. The van der Waals surface area contributed by atoms with Crippen molar-refractivity contribution in [3.63, 3.8) is 0 Å². The lowest BCUT2D eigenvalue weighted by atomic mass is 9.95. The second kappa shape index (κ2) is 12.4. The van der Waals surface area contributed by atoms with E-state index < -0.39 is 12.2 Å². The van der Waals surface area contributed by atoms with Gasteiger partial charge in [0.15, 0.2) is 11.5 Å². The second-order valence-corrected chi connectivity index (χ2v) is 10.6. The summed E-state index contributed by atoms with van der Waals surface area (Å²) >= 11 is 0. The van der Waals surface area contributed by atoms with Gasteiger partial charge in [-0.3, -0.25) is 14.5 Å². The number of aromatic hydroxyl groups is 1. The van der Waals surface area contributed by atoms with Crippen LogP contribution in [0.1, 0.15) is 30.0 Å². The van der Waals surface area contributed by atoms with Crippen LogP contribution in [0.15, 0.2) is 72.8 Å². The number of amides is 4. The molecule has 0 aromatic heterocycles. The van der Waals surface area contributed by atoms with E-state index in [4.69, 9.17) is 9.47 Å². The van der Waals surface area contributed by atoms with Gasteiger partial charge in [-0.25, -0.2) is 4.79 Å². The number of benzene rings is 3. The third kappa shape index (κ3) is 5.83. The molecule has 0 aliphatic carbocycles. The number of ether oxygens (including phenoxy) is 2. The number of hydrogen-bond acceptors (Lipinski definition) is 6. The van der Waals surface area contributed by atoms with Crippen molar-refractivity contribution in [1.29, 1.82) is 0 Å². The summed E-state index contributed by atoms with van der Waals surface area (Å²) in [4.78, 5) is 46.3. The van der Waals surface area contributed by atoms with Gasteiger partial charge in [-0.15, -0.1) is 0 Å². The van der Waals surface area contributed by atoms with Crippen molar-refractivity contribution in [3.05, 3.63) is 89.5 Å². The third-order valence-electron chi connectivity index (χ3n) is 7.92. The molecule has 2 saturated heterocycles. The number of nitrogens with one attached hydrogen (secondary N) is 1. The first-order chi connectivity index (χ1) is 20.3. The highest BCUT2D eigenvalue weighted by Crippen LogP contribution is 2.35. The molecule has 42 heavy (non-hydrogen) atoms. The Morgan fingerprint density at radius 1 is 0.952 bits per heavy atom. The summed E-state index contributed by atoms with van der Waals surface area (Å²) in [6.45, 7) is 2.54. The molecule has 3 aromatic carbocycles. The molecule has 2 fully saturated rings. The molecular formula is C32H36N4O6. The minimum atomic E-state index is -0.839. The first-order valence-electron chi connectivity index (χ1n) is 14.0. The zero-order valence-corrected chi connectivity index (χ0v) is 24.0. The number of urea groups is 1. The number of hydrogen-bond donors (Lipinski definition) is 2. The zero-order chi connectivity index (χ0) is 29.8. The molecule has 2 aliphatic rings. The maximum Gasteiger partial charge on any atom is 0.319 e. The smallest absolute Gasteiger partial charge is 0.319 e. The number of para-hydroxylation sites is 1. The monoisotopic (exact) mass is 572 g/mol. The lowest BCUT2D eigenvalue weighted by Gasteiger charge is -2.54. The fourth-order valence-corrected chi connectivity index (χ4v) is 5.89. The molecule has 2 N–H and O–H groups in total. The van der Waals surface area contributed by atoms with Crippen LogP contribution >= 0.6 is 0 Å². The average Bonchev–Trinajstić information content (AvgIpc) is 2.99. The summed E-state index contributed by atoms with van der Waals surface area (Å²) in [5, 5.41) is 12.8. The SMILES string of the molecule is COc1cccc(CN2CC3N(C(=O)NCc4ccccc4)C(C)CC(=O)N3C(Cc3ccc(O)cc3)C2=O)c1OC. The van der Waals surface area contributed by atoms with Gasteiger partial charge >= 0.3 is 6.03 Å². The van der Waals surface area contributed by atoms with E-state index in [-0.39, 0.29) is 55.6 Å². The van der Waals surface area contributed by atoms with Gasteiger partial charge in [-0.1, -0.05) is 54.6 Å². The maximum atomic E-state index is 14.1. The number of nitrogens with zero attached hydrogens (tertiary/aromatic N) is 3. The van der Waals surface area contributed by atoms with Gasteiger partial charge in [0.2, 0.25) is 11.8 Å². The number of rotatable bonds is 8. The molecular weight excluding hydrogens is 536 g/mol. The number of fused-ring (bicyclic) bond motifs is 1. The number of methoxy groups -OCH3 is 2. The van der Waals surface area contributed by atoms with E-state index in [0.29, 0.717) is 18.0 Å². The molecule has 2 aliphatic heterocycles. The average molecular weight is 573 g/mol. The van der Waals surface area contributed by atoms with E-state index >= 15 is 0 Å². The Balaban J connectivity index is 1.49. The van der Waals surface area contributed by atoms with Crippen LogP contribution < -0.4 is 14.8 Å². The van der Waals surface area contributed by atoms with Gasteiger partial charge in [0.1, 0.15) is 18.0 Å². The molecule has 10 nitrogen and oxygen atoms in total. The summed E-state index contributed by atoms with van der Waals surface area (Å²) in [5.41, 5.74) is 2.49. The Kier molecular flexibility index (Phi) is 8.51. The first kappa shape index (κ1) is 28.8. The van der Waals surface area contributed by atoms with Gasteiger partial charge in [0.05, 0.1) is 20.8 Å². The Hall–Kier alpha value is -4.73. The van der Waals surface area contributed by atoms with Gasteiger partial charge in [0.25, 0.3) is 0 Å². The third-order valence-corrected chi connectivity index (χ3v) is 7.92. The van der Waals surface area contributed by atoms with Crippen molar-refractivity contribution in [2.45, 2.75) is 51.1 Å². The van der Waals surface area contributed by atoms with Crippen LogP contribution in [0, 0.1) is 0 Å². The Bertz CT molecular complexity index is 1430. The van der Waals surface area contributed by atoms with Crippen molar-refractivity contribution in [2.24, 2.45) is 0 Å². The Morgan fingerprint density at radius 3 is 2.38 bits per heavy atom. The van der Waals surface area contributed by atoms with Crippen molar-refractivity contribution in [3.8, 4) is 17.2 Å². The number of phenolic OH excluding ortho intramolecular Hbond substituents is 1. The summed E-state index contributed by atoms with van der Waals surface area (Å²) in [5.74, 6) is 0.788. The lowest BCUT2D eigenvalue weighted by Crippen LogP contribution is -2.73. The summed E-state index contributed by atoms with van der Waals surface area (Å²) in [6, 6.07) is 20.2. The quantitative estimate of drug-likeness (QED) is 0.427. The highest BCUT2D eigenvalue weighted by molar-refractivity contribution is 5.91. The molecule has 0 radical (unpaired) electrons. The van der Waals surface area contributed by atoms with Crippen LogP contribution in [0.3, 0.4) is 0 Å². The van der Waals surface area contributed by atoms with Crippen molar-refractivity contribution in [1.82, 2.24) is 20.0 Å². The molecule has 2 heterocycles. The van der Waals surface area contributed by atoms with E-state index in [1.807, 2.05) is 49.4 Å². The van der Waals surface area contributed by atoms with Crippen molar-refractivity contribution in [2.75, 3.05) is 20.8 Å². The lowest BCUT2D eigenvalue weighted by molar-refractivity contribution is -0.170. The number of carbonyl (C=O) groups excluding carboxylic acids is 3. The molecule has 3 aromatic rings. The minimum Gasteiger partial charge on any atom is -0.508 e. The van der Waals surface area contributed by atoms with E-state index in [0.717, 1.165) is 16.7 Å². The van der Waals surface area contributed by atoms with E-state index in [1.165, 1.54) is 0 Å². The molecule has 220 valence electrons. The van der Waals surface area contributed by atoms with Crippen LogP contribution in [0.5, 0.6) is 17.2 Å². The number of carbonyl (C=O) groups is 3. The molecule has 10 heteroatoms. The van der Waals surface area contributed by atoms with Crippen molar-refractivity contribution < 1.29 is 29.0 Å². The van der Waals surface area contributed by atoms with Crippen LogP contribution in [0.2, 0.25) is 0 Å². The number of phenols is 1. The van der Waals surface area contributed by atoms with Crippen LogP contribution in [0.25, 0.3) is 0 Å². The first-order valence-corrected chi connectivity index (χ1v) is 14.0. The Labute approximate surface area is 245 Å². The fourth-order valence-electron chi connectivity index (χ4n) is 5.89. The summed E-state index contributed by atoms with van der Waals surface area (Å²) < 4.78 is 11.1. The highest BCUT2D eigenvalue weighted by atomic mass is 16.5. The van der Waals surface area contributed by atoms with Crippen molar-refractivity contribution >= 4 is 17.8 Å². The van der Waals surface area contributed by atoms with Crippen LogP contribution in [0.4, 0.5) is 4.79 Å². The highest BCUT2D eigenvalue weighted by Gasteiger charge is 2.50. The molecule has 3 unspecified atom stereocenters. The molecule has 3 atom stereocenters. The van der Waals surface area contributed by atoms with Crippen LogP contribution in [-0.2, 0) is 29.1 Å². The Morgan fingerprint density at radius 2 is 1.69 bits per heavy atom. The fraction of sp³-hybridized carbons (Fsp3) is 0.344. The van der Waals surface area contributed by atoms with E-state index in [9.17, 15) is 19.5 Å². The molecule has 5 rings (SSSR count). The van der Waals surface area contributed by atoms with Crippen LogP contribution in [-0.4, -0.2) is 76.7 Å². The minimum absolute atomic E-state index is 0.109. The molecule has 0 saturated carbocycles. The molecule has 0 bridgehead atoms. The molecule has 0 spiro atoms. The predicted molar refractivity (Wildman–Crippen MR) is 156 cm³/mol. The zero-order valence-electron chi connectivity index (χ0n) is 24.0. The van der Waals surface area contributed by atoms with Gasteiger partial charge in [0, 0.05) is 37.5 Å². The standard InChI is InChI=1S/C32H36N4O6/c1-21-16-29(38)36-26(17-22-12-14-25(37)15-13-22)31(39)34(19-24-10-7-11-27(41-2)30(24)42-3)20-28(36)35(21)32(40)33-18-23-8-5-4-6-9-23/h4-15,21,26,28,37H,16-20H2,1-3H3,(H,33,40). The maximum absolute atomic E-state index is 14.1. The van der Waals surface area contributed by atoms with E-state index in [2.05, 4.69) is 5.32 Å². The number of piperazine rings is 1.